The van der Waals surface area contributed by atoms with E-state index in [0.717, 1.165) is 12.2 Å². The molecule has 1 aliphatic rings. The fourth-order valence-electron chi connectivity index (χ4n) is 2.30. The Morgan fingerprint density at radius 2 is 1.83 bits per heavy atom. The highest BCUT2D eigenvalue weighted by atomic mass is 35.5. The van der Waals surface area contributed by atoms with Crippen molar-refractivity contribution >= 4 is 35.0 Å². The number of ether oxygens (including phenoxy) is 2. The predicted molar refractivity (Wildman–Crippen MR) is 98.3 cm³/mol. The molecule has 1 amide bonds. The molecule has 0 aromatic heterocycles. The summed E-state index contributed by atoms with van der Waals surface area (Å²) in [5.74, 6) is 2.30. The molecule has 3 rings (SSSR count). The third kappa shape index (κ3) is 4.58. The number of benzene rings is 2. The first-order valence-corrected chi connectivity index (χ1v) is 9.26. The molecule has 0 unspecified atom stereocenters. The first kappa shape index (κ1) is 17.0. The van der Waals surface area contributed by atoms with E-state index < -0.39 is 0 Å². The number of rotatable bonds is 5. The summed E-state index contributed by atoms with van der Waals surface area (Å²) in [6.45, 7) is 1.19. The second-order valence-corrected chi connectivity index (χ2v) is 6.75. The normalized spacial score (nSPS) is 13.2. The Kier molecular flexibility index (Phi) is 5.88. The molecule has 126 valence electrons. The molecule has 0 radical (unpaired) electrons. The minimum Gasteiger partial charge on any atom is -0.490 e. The average Bonchev–Trinajstić information content (AvgIpc) is 2.81. The maximum absolute atomic E-state index is 12.1. The molecule has 1 aliphatic heterocycles. The van der Waals surface area contributed by atoms with E-state index in [1.54, 1.807) is 23.9 Å². The lowest BCUT2D eigenvalue weighted by Crippen LogP contribution is -2.14. The minimum absolute atomic E-state index is 0.0904. The van der Waals surface area contributed by atoms with Crippen molar-refractivity contribution in [3.8, 4) is 11.5 Å². The van der Waals surface area contributed by atoms with Crippen molar-refractivity contribution in [1.82, 2.24) is 0 Å². The molecule has 0 saturated heterocycles. The third-order valence-electron chi connectivity index (χ3n) is 3.46. The molecule has 1 heterocycles. The Morgan fingerprint density at radius 3 is 2.58 bits per heavy atom. The van der Waals surface area contributed by atoms with Gasteiger partial charge in [0.1, 0.15) is 0 Å². The number of amides is 1. The molecule has 0 aliphatic carbocycles. The lowest BCUT2D eigenvalue weighted by Gasteiger charge is -2.12. The summed E-state index contributed by atoms with van der Waals surface area (Å²) >= 11 is 7.79. The van der Waals surface area contributed by atoms with E-state index in [2.05, 4.69) is 5.32 Å². The summed E-state index contributed by atoms with van der Waals surface area (Å²) < 4.78 is 11.2. The van der Waals surface area contributed by atoms with E-state index in [-0.39, 0.29) is 5.91 Å². The summed E-state index contributed by atoms with van der Waals surface area (Å²) in [5, 5.41) is 3.28. The highest BCUT2D eigenvalue weighted by Gasteiger charge is 2.15. The summed E-state index contributed by atoms with van der Waals surface area (Å²) in [6, 6.07) is 13.5. The van der Waals surface area contributed by atoms with Crippen LogP contribution in [0.25, 0.3) is 0 Å². The van der Waals surface area contributed by atoms with Gasteiger partial charge in [-0.1, -0.05) is 41.9 Å². The number of fused-ring (bicyclic) bond motifs is 1. The van der Waals surface area contributed by atoms with Crippen LogP contribution in [-0.2, 0) is 10.5 Å². The van der Waals surface area contributed by atoms with Crippen LogP contribution >= 0.6 is 23.4 Å². The Hall–Kier alpha value is -1.85. The third-order valence-corrected chi connectivity index (χ3v) is 4.77. The number of hydrogen-bond acceptors (Lipinski definition) is 4. The summed E-state index contributed by atoms with van der Waals surface area (Å²) in [7, 11) is 0. The van der Waals surface area contributed by atoms with Crippen LogP contribution in [0.5, 0.6) is 11.5 Å². The number of anilines is 1. The number of nitrogens with one attached hydrogen (secondary N) is 1. The minimum atomic E-state index is -0.0904. The molecule has 1 N–H and O–H groups in total. The van der Waals surface area contributed by atoms with Gasteiger partial charge in [-0.2, -0.15) is 0 Å². The molecule has 0 fully saturated rings. The lowest BCUT2D eigenvalue weighted by atomic mass is 10.2. The fourth-order valence-corrected chi connectivity index (χ4v) is 3.29. The molecule has 2 aromatic rings. The summed E-state index contributed by atoms with van der Waals surface area (Å²) in [6.07, 6.45) is 0.824. The molecule has 0 spiro atoms. The van der Waals surface area contributed by atoms with Crippen LogP contribution in [0.3, 0.4) is 0 Å². The van der Waals surface area contributed by atoms with Crippen molar-refractivity contribution in [1.29, 1.82) is 0 Å². The highest BCUT2D eigenvalue weighted by Crippen LogP contribution is 2.37. The van der Waals surface area contributed by atoms with E-state index in [1.165, 1.54) is 5.56 Å². The van der Waals surface area contributed by atoms with Crippen LogP contribution in [-0.4, -0.2) is 24.9 Å². The Balaban J connectivity index is 1.57. The smallest absolute Gasteiger partial charge is 0.234 e. The molecule has 2 aromatic carbocycles. The van der Waals surface area contributed by atoms with Crippen molar-refractivity contribution in [3.63, 3.8) is 0 Å². The van der Waals surface area contributed by atoms with Gasteiger partial charge in [0, 0.05) is 24.3 Å². The average molecular weight is 364 g/mol. The number of halogens is 1. The van der Waals surface area contributed by atoms with Gasteiger partial charge in [0.25, 0.3) is 0 Å². The van der Waals surface area contributed by atoms with Crippen molar-refractivity contribution in [2.75, 3.05) is 24.3 Å². The number of carbonyl (C=O) groups excluding carboxylic acids is 1. The molecule has 0 atom stereocenters. The zero-order valence-electron chi connectivity index (χ0n) is 13.1. The van der Waals surface area contributed by atoms with E-state index in [0.29, 0.717) is 41.2 Å². The maximum atomic E-state index is 12.1. The van der Waals surface area contributed by atoms with Crippen LogP contribution in [0.15, 0.2) is 42.5 Å². The van der Waals surface area contributed by atoms with Crippen LogP contribution in [0.2, 0.25) is 5.02 Å². The van der Waals surface area contributed by atoms with E-state index in [4.69, 9.17) is 21.1 Å². The van der Waals surface area contributed by atoms with Crippen LogP contribution in [0.4, 0.5) is 5.69 Å². The zero-order chi connectivity index (χ0) is 16.8. The van der Waals surface area contributed by atoms with Crippen molar-refractivity contribution in [2.24, 2.45) is 0 Å². The van der Waals surface area contributed by atoms with Crippen molar-refractivity contribution < 1.29 is 14.3 Å². The molecule has 0 saturated carbocycles. The van der Waals surface area contributed by atoms with Gasteiger partial charge in [0.05, 0.1) is 29.7 Å². The predicted octanol–water partition coefficient (Wildman–Crippen LogP) is 4.37. The van der Waals surface area contributed by atoms with Crippen molar-refractivity contribution in [2.45, 2.75) is 12.2 Å². The quantitative estimate of drug-likeness (QED) is 0.856. The van der Waals surface area contributed by atoms with Crippen LogP contribution in [0, 0.1) is 0 Å². The topological polar surface area (TPSA) is 47.6 Å². The largest absolute Gasteiger partial charge is 0.490 e. The molecule has 0 bridgehead atoms. The zero-order valence-corrected chi connectivity index (χ0v) is 14.7. The van der Waals surface area contributed by atoms with Gasteiger partial charge < -0.3 is 14.8 Å². The molecular formula is C18H18ClNO3S. The Bertz CT molecular complexity index is 709. The second kappa shape index (κ2) is 8.31. The molecular weight excluding hydrogens is 346 g/mol. The van der Waals surface area contributed by atoms with E-state index in [1.807, 2.05) is 30.3 Å². The number of hydrogen-bond donors (Lipinski definition) is 1. The summed E-state index contributed by atoms with van der Waals surface area (Å²) in [4.78, 5) is 12.1. The second-order valence-electron chi connectivity index (χ2n) is 5.36. The highest BCUT2D eigenvalue weighted by molar-refractivity contribution is 7.99. The van der Waals surface area contributed by atoms with Gasteiger partial charge in [0.15, 0.2) is 11.5 Å². The van der Waals surface area contributed by atoms with Crippen LogP contribution < -0.4 is 14.8 Å². The first-order valence-electron chi connectivity index (χ1n) is 7.73. The molecule has 24 heavy (non-hydrogen) atoms. The summed E-state index contributed by atoms with van der Waals surface area (Å²) in [5.41, 5.74) is 1.75. The van der Waals surface area contributed by atoms with Gasteiger partial charge >= 0.3 is 0 Å². The standard InChI is InChI=1S/C18H18ClNO3S/c19-14-9-16-17(23-8-4-7-22-16)10-15(14)20-18(21)12-24-11-13-5-2-1-3-6-13/h1-3,5-6,9-10H,4,7-8,11-12H2,(H,20,21). The SMILES string of the molecule is O=C(CSCc1ccccc1)Nc1cc2c(cc1Cl)OCCCO2. The maximum Gasteiger partial charge on any atom is 0.234 e. The van der Waals surface area contributed by atoms with Gasteiger partial charge in [-0.3, -0.25) is 4.79 Å². The van der Waals surface area contributed by atoms with Gasteiger partial charge in [-0.05, 0) is 5.56 Å². The first-order chi connectivity index (χ1) is 11.7. The Labute approximate surface area is 150 Å². The molecule has 6 heteroatoms. The van der Waals surface area contributed by atoms with Crippen LogP contribution in [0.1, 0.15) is 12.0 Å². The van der Waals surface area contributed by atoms with Gasteiger partial charge in [-0.25, -0.2) is 0 Å². The number of thioether (sulfide) groups is 1. The van der Waals surface area contributed by atoms with Gasteiger partial charge in [0.2, 0.25) is 5.91 Å². The Morgan fingerprint density at radius 1 is 1.12 bits per heavy atom. The van der Waals surface area contributed by atoms with Crippen molar-refractivity contribution in [3.05, 3.63) is 53.1 Å². The number of carbonyl (C=O) groups is 1. The van der Waals surface area contributed by atoms with E-state index >= 15 is 0 Å². The van der Waals surface area contributed by atoms with E-state index in [9.17, 15) is 4.79 Å². The fraction of sp³-hybridized carbons (Fsp3) is 0.278. The monoisotopic (exact) mass is 363 g/mol. The molecule has 4 nitrogen and oxygen atoms in total. The van der Waals surface area contributed by atoms with Gasteiger partial charge in [-0.15, -0.1) is 11.8 Å². The lowest BCUT2D eigenvalue weighted by molar-refractivity contribution is -0.113.